The van der Waals surface area contributed by atoms with E-state index in [1.54, 1.807) is 6.92 Å². The lowest BCUT2D eigenvalue weighted by Gasteiger charge is -2.44. The Balaban J connectivity index is 1.73. The lowest BCUT2D eigenvalue weighted by molar-refractivity contribution is -0.384. The van der Waals surface area contributed by atoms with Crippen LogP contribution in [0.25, 0.3) is 0 Å². The van der Waals surface area contributed by atoms with Gasteiger partial charge in [0.1, 0.15) is 5.69 Å². The molecule has 1 aromatic carbocycles. The van der Waals surface area contributed by atoms with E-state index in [-0.39, 0.29) is 29.1 Å². The fourth-order valence-electron chi connectivity index (χ4n) is 3.80. The molecule has 2 fully saturated rings. The molecule has 0 bridgehead atoms. The Hall–Kier alpha value is -2.24. The predicted octanol–water partition coefficient (Wildman–Crippen LogP) is 1.45. The molecule has 0 atom stereocenters. The predicted molar refractivity (Wildman–Crippen MR) is 111 cm³/mol. The normalized spacial score (nSPS) is 18.3. The van der Waals surface area contributed by atoms with Gasteiger partial charge in [0.15, 0.2) is 0 Å². The topological polar surface area (TPSA) is 113 Å². The fourth-order valence-corrected chi connectivity index (χ4v) is 5.34. The second-order valence-corrected chi connectivity index (χ2v) is 9.59. The minimum atomic E-state index is -3.74. The Morgan fingerprint density at radius 1 is 1.27 bits per heavy atom. The van der Waals surface area contributed by atoms with Crippen molar-refractivity contribution in [1.82, 2.24) is 9.21 Å². The second kappa shape index (κ2) is 9.27. The van der Waals surface area contributed by atoms with Gasteiger partial charge in [-0.2, -0.15) is 4.31 Å². The molecule has 11 heteroatoms. The van der Waals surface area contributed by atoms with Crippen LogP contribution in [0.15, 0.2) is 23.1 Å². The molecule has 0 spiro atoms. The molecule has 2 saturated heterocycles. The summed E-state index contributed by atoms with van der Waals surface area (Å²) in [7, 11) is -1.93. The van der Waals surface area contributed by atoms with Crippen molar-refractivity contribution in [2.45, 2.75) is 37.1 Å². The third-order valence-electron chi connectivity index (χ3n) is 5.61. The van der Waals surface area contributed by atoms with E-state index in [9.17, 15) is 23.3 Å². The van der Waals surface area contributed by atoms with Gasteiger partial charge in [-0.3, -0.25) is 19.8 Å². The summed E-state index contributed by atoms with van der Waals surface area (Å²) in [4.78, 5) is 26.4. The maximum absolute atomic E-state index is 12.9. The van der Waals surface area contributed by atoms with E-state index in [4.69, 9.17) is 4.74 Å². The third kappa shape index (κ3) is 4.73. The van der Waals surface area contributed by atoms with Crippen LogP contribution < -0.4 is 4.90 Å². The molecule has 10 nitrogen and oxygen atoms in total. The molecule has 0 aromatic heterocycles. The first-order valence-corrected chi connectivity index (χ1v) is 11.6. The van der Waals surface area contributed by atoms with Crippen molar-refractivity contribution >= 4 is 27.4 Å². The maximum Gasteiger partial charge on any atom is 0.320 e. The minimum Gasteiger partial charge on any atom is -0.465 e. The first-order valence-electron chi connectivity index (χ1n) is 10.1. The third-order valence-corrected chi connectivity index (χ3v) is 7.50. The molecule has 0 aliphatic carbocycles. The first kappa shape index (κ1) is 22.4. The smallest absolute Gasteiger partial charge is 0.320 e. The van der Waals surface area contributed by atoms with Crippen LogP contribution in [0.2, 0.25) is 0 Å². The Labute approximate surface area is 176 Å². The number of esters is 1. The molecule has 3 rings (SSSR count). The van der Waals surface area contributed by atoms with Crippen molar-refractivity contribution < 1.29 is 22.9 Å². The molecule has 2 aliphatic rings. The van der Waals surface area contributed by atoms with E-state index in [0.29, 0.717) is 38.5 Å². The molecule has 166 valence electrons. The number of rotatable bonds is 8. The molecule has 1 aromatic rings. The van der Waals surface area contributed by atoms with Crippen molar-refractivity contribution in [1.29, 1.82) is 0 Å². The molecule has 0 amide bonds. The van der Waals surface area contributed by atoms with Gasteiger partial charge in [0.25, 0.3) is 5.69 Å². The summed E-state index contributed by atoms with van der Waals surface area (Å²) in [6.45, 7) is 4.13. The molecule has 0 saturated carbocycles. The number of hydrogen-bond acceptors (Lipinski definition) is 8. The standard InChI is InChI=1S/C19H28N4O6S/c1-3-29-19(24)14-20(2)15-12-21(13-15)17-8-7-16(11-18(17)23(25)26)30(27,28)22-9-5-4-6-10-22/h7-8,11,15H,3-6,9-10,12-14H2,1-2H3. The Bertz CT molecular complexity index is 894. The van der Waals surface area contributed by atoms with E-state index in [1.165, 1.54) is 16.4 Å². The number of nitrogens with zero attached hydrogens (tertiary/aromatic N) is 4. The maximum atomic E-state index is 12.9. The molecular formula is C19H28N4O6S. The van der Waals surface area contributed by atoms with Gasteiger partial charge in [-0.1, -0.05) is 6.42 Å². The zero-order chi connectivity index (χ0) is 21.9. The van der Waals surface area contributed by atoms with Gasteiger partial charge in [0, 0.05) is 38.3 Å². The monoisotopic (exact) mass is 440 g/mol. The second-order valence-electron chi connectivity index (χ2n) is 7.65. The molecule has 0 unspecified atom stereocenters. The van der Waals surface area contributed by atoms with Crippen LogP contribution in [0.1, 0.15) is 26.2 Å². The Kier molecular flexibility index (Phi) is 6.94. The van der Waals surface area contributed by atoms with Crippen LogP contribution in [0.3, 0.4) is 0 Å². The number of anilines is 1. The summed E-state index contributed by atoms with van der Waals surface area (Å²) in [5.41, 5.74) is 0.165. The number of carbonyl (C=O) groups is 1. The van der Waals surface area contributed by atoms with E-state index in [1.807, 2.05) is 16.8 Å². The highest BCUT2D eigenvalue weighted by Gasteiger charge is 2.36. The first-order chi connectivity index (χ1) is 14.2. The number of hydrogen-bond donors (Lipinski definition) is 0. The highest BCUT2D eigenvalue weighted by atomic mass is 32.2. The highest BCUT2D eigenvalue weighted by Crippen LogP contribution is 2.35. The van der Waals surface area contributed by atoms with Crippen LogP contribution in [0.5, 0.6) is 0 Å². The molecule has 0 radical (unpaired) electrons. The molecule has 2 aliphatic heterocycles. The van der Waals surface area contributed by atoms with Crippen molar-refractivity contribution in [2.75, 3.05) is 51.3 Å². The van der Waals surface area contributed by atoms with Crippen LogP contribution in [-0.4, -0.2) is 80.9 Å². The average Bonchev–Trinajstić information content (AvgIpc) is 2.67. The van der Waals surface area contributed by atoms with Crippen LogP contribution in [0, 0.1) is 10.1 Å². The van der Waals surface area contributed by atoms with E-state index < -0.39 is 14.9 Å². The number of nitro benzene ring substituents is 1. The Morgan fingerprint density at radius 2 is 1.93 bits per heavy atom. The minimum absolute atomic E-state index is 0.0450. The summed E-state index contributed by atoms with van der Waals surface area (Å²) in [5.74, 6) is -0.309. The van der Waals surface area contributed by atoms with Crippen molar-refractivity contribution in [3.05, 3.63) is 28.3 Å². The Morgan fingerprint density at radius 3 is 2.53 bits per heavy atom. The zero-order valence-electron chi connectivity index (χ0n) is 17.3. The van der Waals surface area contributed by atoms with E-state index in [0.717, 1.165) is 25.3 Å². The number of nitro groups is 1. The van der Waals surface area contributed by atoms with Crippen molar-refractivity contribution in [2.24, 2.45) is 0 Å². The fraction of sp³-hybridized carbons (Fsp3) is 0.632. The van der Waals surface area contributed by atoms with E-state index in [2.05, 4.69) is 0 Å². The highest BCUT2D eigenvalue weighted by molar-refractivity contribution is 7.89. The van der Waals surface area contributed by atoms with Gasteiger partial charge in [0.05, 0.1) is 23.0 Å². The van der Waals surface area contributed by atoms with Crippen LogP contribution in [0.4, 0.5) is 11.4 Å². The number of sulfonamides is 1. The SMILES string of the molecule is CCOC(=O)CN(C)C1CN(c2ccc(S(=O)(=O)N3CCCCC3)cc2[N+](=O)[O-])C1. The summed E-state index contributed by atoms with van der Waals surface area (Å²) in [6, 6.07) is 4.18. The number of benzene rings is 1. The van der Waals surface area contributed by atoms with Crippen molar-refractivity contribution in [3.8, 4) is 0 Å². The largest absolute Gasteiger partial charge is 0.465 e. The number of likely N-dealkylation sites (N-methyl/N-ethyl adjacent to an activating group) is 1. The molecule has 30 heavy (non-hydrogen) atoms. The van der Waals surface area contributed by atoms with Gasteiger partial charge in [-0.05, 0) is 38.9 Å². The molecule has 2 heterocycles. The summed E-state index contributed by atoms with van der Waals surface area (Å²) in [6.07, 6.45) is 2.59. The van der Waals surface area contributed by atoms with Crippen molar-refractivity contribution in [3.63, 3.8) is 0 Å². The number of ether oxygens (including phenoxy) is 1. The lowest BCUT2D eigenvalue weighted by atomic mass is 10.1. The zero-order valence-corrected chi connectivity index (χ0v) is 18.1. The van der Waals surface area contributed by atoms with Gasteiger partial charge in [0.2, 0.25) is 10.0 Å². The van der Waals surface area contributed by atoms with Gasteiger partial charge in [-0.15, -0.1) is 0 Å². The van der Waals surface area contributed by atoms with Gasteiger partial charge >= 0.3 is 5.97 Å². The van der Waals surface area contributed by atoms with Gasteiger partial charge < -0.3 is 9.64 Å². The number of piperidine rings is 1. The molecule has 0 N–H and O–H groups in total. The van der Waals surface area contributed by atoms with Crippen LogP contribution >= 0.6 is 0 Å². The summed E-state index contributed by atoms with van der Waals surface area (Å²) < 4.78 is 32.1. The summed E-state index contributed by atoms with van der Waals surface area (Å²) in [5, 5.41) is 11.7. The van der Waals surface area contributed by atoms with Crippen LogP contribution in [-0.2, 0) is 19.6 Å². The lowest BCUT2D eigenvalue weighted by Crippen LogP contribution is -2.59. The average molecular weight is 441 g/mol. The summed E-state index contributed by atoms with van der Waals surface area (Å²) >= 11 is 0. The van der Waals surface area contributed by atoms with E-state index >= 15 is 0 Å². The quantitative estimate of drug-likeness (QED) is 0.339. The molecular weight excluding hydrogens is 412 g/mol. The number of carbonyl (C=O) groups excluding carboxylic acids is 1. The van der Waals surface area contributed by atoms with Gasteiger partial charge in [-0.25, -0.2) is 8.42 Å².